The Hall–Kier alpha value is -2.29. The van der Waals surface area contributed by atoms with Crippen LogP contribution in [0.2, 0.25) is 0 Å². The van der Waals surface area contributed by atoms with Gasteiger partial charge < -0.3 is 9.88 Å². The molecule has 2 aromatic rings. The van der Waals surface area contributed by atoms with Gasteiger partial charge in [0.15, 0.2) is 5.78 Å². The lowest BCUT2D eigenvalue weighted by molar-refractivity contribution is -0.112. The van der Waals surface area contributed by atoms with Crippen molar-refractivity contribution in [1.29, 1.82) is 0 Å². The van der Waals surface area contributed by atoms with Crippen molar-refractivity contribution in [3.05, 3.63) is 54.3 Å². The van der Waals surface area contributed by atoms with Crippen LogP contribution in [-0.4, -0.2) is 28.8 Å². The third-order valence-corrected chi connectivity index (χ3v) is 4.30. The predicted octanol–water partition coefficient (Wildman–Crippen LogP) is 3.92. The number of H-pyrrole nitrogens is 1. The summed E-state index contributed by atoms with van der Waals surface area (Å²) in [5, 5.41) is 1.41. The molecular formula is C19H22N2O. The average Bonchev–Trinajstić information content (AvgIpc) is 2.94. The number of aromatic nitrogens is 1. The molecule has 0 radical (unpaired) electrons. The van der Waals surface area contributed by atoms with E-state index >= 15 is 0 Å². The molecule has 0 saturated heterocycles. The van der Waals surface area contributed by atoms with Crippen LogP contribution in [0.25, 0.3) is 16.6 Å². The largest absolute Gasteiger partial charge is 0.370 e. The monoisotopic (exact) mass is 294 g/mol. The summed E-state index contributed by atoms with van der Waals surface area (Å²) < 4.78 is 0. The number of rotatable bonds is 1. The highest BCUT2D eigenvalue weighted by molar-refractivity contribution is 5.89. The van der Waals surface area contributed by atoms with Gasteiger partial charge in [0.25, 0.3) is 0 Å². The quantitative estimate of drug-likeness (QED) is 0.809. The zero-order valence-electron chi connectivity index (χ0n) is 13.1. The third kappa shape index (κ3) is 2.71. The molecule has 114 valence electrons. The van der Waals surface area contributed by atoms with Gasteiger partial charge in [0, 0.05) is 24.0 Å². The number of ketones is 1. The van der Waals surface area contributed by atoms with Gasteiger partial charge in [0.1, 0.15) is 0 Å². The maximum Gasteiger partial charge on any atom is 0.152 e. The molecule has 0 spiro atoms. The SMILES string of the molecule is C1=C2c3[nH]c4ccccc4c3CCN2CCC1.C=CC(C)=O. The molecule has 0 unspecified atom stereocenters. The Balaban J connectivity index is 0.000000254. The number of fused-ring (bicyclic) bond motifs is 5. The molecule has 1 aromatic carbocycles. The van der Waals surface area contributed by atoms with Gasteiger partial charge in [-0.2, -0.15) is 0 Å². The number of aromatic amines is 1. The Morgan fingerprint density at radius 3 is 2.86 bits per heavy atom. The molecule has 1 aromatic heterocycles. The van der Waals surface area contributed by atoms with Gasteiger partial charge in [-0.25, -0.2) is 0 Å². The second-order valence-corrected chi connectivity index (χ2v) is 5.81. The number of nitrogens with zero attached hydrogens (tertiary/aromatic N) is 1. The van der Waals surface area contributed by atoms with E-state index in [1.165, 1.54) is 73.2 Å². The maximum atomic E-state index is 9.69. The molecule has 0 saturated carbocycles. The predicted molar refractivity (Wildman–Crippen MR) is 91.7 cm³/mol. The van der Waals surface area contributed by atoms with Crippen molar-refractivity contribution in [2.75, 3.05) is 13.1 Å². The molecule has 0 amide bonds. The van der Waals surface area contributed by atoms with Crippen molar-refractivity contribution >= 4 is 22.4 Å². The Kier molecular flexibility index (Phi) is 4.14. The second kappa shape index (κ2) is 6.22. The fourth-order valence-electron chi connectivity index (χ4n) is 3.19. The van der Waals surface area contributed by atoms with Crippen LogP contribution >= 0.6 is 0 Å². The molecule has 22 heavy (non-hydrogen) atoms. The van der Waals surface area contributed by atoms with Crippen molar-refractivity contribution in [3.8, 4) is 0 Å². The van der Waals surface area contributed by atoms with E-state index in [4.69, 9.17) is 0 Å². The Morgan fingerprint density at radius 1 is 1.32 bits per heavy atom. The average molecular weight is 294 g/mol. The summed E-state index contributed by atoms with van der Waals surface area (Å²) >= 11 is 0. The summed E-state index contributed by atoms with van der Waals surface area (Å²) in [5.74, 6) is 0.0185. The lowest BCUT2D eigenvalue weighted by atomic mass is 9.98. The highest BCUT2D eigenvalue weighted by atomic mass is 16.1. The summed E-state index contributed by atoms with van der Waals surface area (Å²) in [7, 11) is 0. The van der Waals surface area contributed by atoms with Gasteiger partial charge in [-0.15, -0.1) is 0 Å². The standard InChI is InChI=1S/C15H16N2.C4H6O/c1-2-6-13-11(5-1)12-8-10-17-9-4-3-7-14(17)15(12)16-13;1-3-4(2)5/h1-2,5-7,16H,3-4,8-10H2;3H,1H2,2H3. The first-order valence-corrected chi connectivity index (χ1v) is 7.88. The molecule has 3 heteroatoms. The number of carbonyl (C=O) groups is 1. The molecular weight excluding hydrogens is 272 g/mol. The van der Waals surface area contributed by atoms with Crippen LogP contribution in [0.15, 0.2) is 43.0 Å². The minimum atomic E-state index is 0.0185. The first-order chi connectivity index (χ1) is 10.7. The Bertz CT molecular complexity index is 739. The molecule has 4 rings (SSSR count). The minimum absolute atomic E-state index is 0.0185. The number of para-hydroxylation sites is 1. The Labute approximate surface area is 131 Å². The van der Waals surface area contributed by atoms with Gasteiger partial charge in [0.2, 0.25) is 0 Å². The molecule has 2 aliphatic heterocycles. The molecule has 3 nitrogen and oxygen atoms in total. The van der Waals surface area contributed by atoms with E-state index in [-0.39, 0.29) is 5.78 Å². The van der Waals surface area contributed by atoms with E-state index in [1.54, 1.807) is 0 Å². The lowest BCUT2D eigenvalue weighted by Crippen LogP contribution is -2.32. The number of hydrogen-bond donors (Lipinski definition) is 1. The highest BCUT2D eigenvalue weighted by Crippen LogP contribution is 2.35. The van der Waals surface area contributed by atoms with E-state index < -0.39 is 0 Å². The smallest absolute Gasteiger partial charge is 0.152 e. The summed E-state index contributed by atoms with van der Waals surface area (Å²) in [6, 6.07) is 8.67. The number of carbonyl (C=O) groups excluding carboxylic acids is 1. The fourth-order valence-corrected chi connectivity index (χ4v) is 3.19. The lowest BCUT2D eigenvalue weighted by Gasteiger charge is -2.34. The van der Waals surface area contributed by atoms with Crippen molar-refractivity contribution < 1.29 is 4.79 Å². The first-order valence-electron chi connectivity index (χ1n) is 7.88. The molecule has 0 bridgehead atoms. The summed E-state index contributed by atoms with van der Waals surface area (Å²) in [6.07, 6.45) is 7.38. The van der Waals surface area contributed by atoms with Crippen molar-refractivity contribution in [2.24, 2.45) is 0 Å². The normalized spacial score (nSPS) is 16.0. The number of nitrogens with one attached hydrogen (secondary N) is 1. The summed E-state index contributed by atoms with van der Waals surface area (Å²) in [4.78, 5) is 15.8. The van der Waals surface area contributed by atoms with Crippen molar-refractivity contribution in [2.45, 2.75) is 26.2 Å². The minimum Gasteiger partial charge on any atom is -0.370 e. The molecule has 0 atom stereocenters. The van der Waals surface area contributed by atoms with Crippen molar-refractivity contribution in [1.82, 2.24) is 9.88 Å². The van der Waals surface area contributed by atoms with Crippen LogP contribution in [0.4, 0.5) is 0 Å². The molecule has 3 heterocycles. The van der Waals surface area contributed by atoms with E-state index in [9.17, 15) is 4.79 Å². The molecule has 0 fully saturated rings. The van der Waals surface area contributed by atoms with Gasteiger partial charge in [-0.3, -0.25) is 4.79 Å². The van der Waals surface area contributed by atoms with E-state index in [1.807, 2.05) is 0 Å². The highest BCUT2D eigenvalue weighted by Gasteiger charge is 2.25. The van der Waals surface area contributed by atoms with Crippen LogP contribution in [0.5, 0.6) is 0 Å². The van der Waals surface area contributed by atoms with Crippen LogP contribution in [0, 0.1) is 0 Å². The molecule has 1 N–H and O–H groups in total. The topological polar surface area (TPSA) is 36.1 Å². The summed E-state index contributed by atoms with van der Waals surface area (Å²) in [6.45, 7) is 7.08. The van der Waals surface area contributed by atoms with Gasteiger partial charge in [-0.05, 0) is 43.9 Å². The first kappa shape index (κ1) is 14.6. The van der Waals surface area contributed by atoms with Crippen LogP contribution in [0.3, 0.4) is 0 Å². The van der Waals surface area contributed by atoms with Crippen LogP contribution < -0.4 is 0 Å². The second-order valence-electron chi connectivity index (χ2n) is 5.81. The van der Waals surface area contributed by atoms with E-state index in [0.717, 1.165) is 0 Å². The Morgan fingerprint density at radius 2 is 2.09 bits per heavy atom. The van der Waals surface area contributed by atoms with Gasteiger partial charge in [-0.1, -0.05) is 30.9 Å². The van der Waals surface area contributed by atoms with E-state index in [2.05, 4.69) is 46.8 Å². The van der Waals surface area contributed by atoms with E-state index in [0.29, 0.717) is 0 Å². The third-order valence-electron chi connectivity index (χ3n) is 4.30. The summed E-state index contributed by atoms with van der Waals surface area (Å²) in [5.41, 5.74) is 5.61. The van der Waals surface area contributed by atoms with Crippen molar-refractivity contribution in [3.63, 3.8) is 0 Å². The van der Waals surface area contributed by atoms with Gasteiger partial charge in [0.05, 0.1) is 11.4 Å². The number of benzene rings is 1. The zero-order valence-corrected chi connectivity index (χ0v) is 13.1. The van der Waals surface area contributed by atoms with Crippen LogP contribution in [0.1, 0.15) is 31.0 Å². The number of allylic oxidation sites excluding steroid dienone is 2. The molecule has 0 aliphatic carbocycles. The van der Waals surface area contributed by atoms with Crippen LogP contribution in [-0.2, 0) is 11.2 Å². The maximum absolute atomic E-state index is 9.69. The zero-order chi connectivity index (χ0) is 15.5. The number of hydrogen-bond acceptors (Lipinski definition) is 2. The molecule has 2 aliphatic rings. The van der Waals surface area contributed by atoms with Gasteiger partial charge >= 0.3 is 0 Å². The fraction of sp³-hybridized carbons (Fsp3) is 0.316.